The van der Waals surface area contributed by atoms with Crippen molar-refractivity contribution in [2.45, 2.75) is 24.8 Å². The zero-order valence-electron chi connectivity index (χ0n) is 21.0. The molecule has 2 heterocycles. The number of halogens is 1. The molecule has 5 N–H and O–H groups in total. The first kappa shape index (κ1) is 26.6. The molecule has 5 aromatic rings. The van der Waals surface area contributed by atoms with Crippen molar-refractivity contribution in [1.82, 2.24) is 14.3 Å². The highest BCUT2D eigenvalue weighted by molar-refractivity contribution is 7.98. The molecule has 198 valence electrons. The van der Waals surface area contributed by atoms with Gasteiger partial charge in [0.25, 0.3) is 11.5 Å². The quantitative estimate of drug-likeness (QED) is 0.162. The molecule has 0 fully saturated rings. The van der Waals surface area contributed by atoms with Crippen molar-refractivity contribution in [3.05, 3.63) is 118 Å². The first-order chi connectivity index (χ1) is 19.0. The minimum Gasteiger partial charge on any atom is -0.331 e. The summed E-state index contributed by atoms with van der Waals surface area (Å²) in [4.78, 5) is 30.5. The van der Waals surface area contributed by atoms with E-state index in [2.05, 4.69) is 14.4 Å². The average Bonchev–Trinajstić information content (AvgIpc) is 3.26. The minimum atomic E-state index is -0.407. The Hall–Kier alpha value is -3.99. The number of benzene rings is 3. The summed E-state index contributed by atoms with van der Waals surface area (Å²) in [5.74, 6) is -0.776. The fourth-order valence-electron chi connectivity index (χ4n) is 4.55. The number of pyridine rings is 1. The molecule has 0 bridgehead atoms. The summed E-state index contributed by atoms with van der Waals surface area (Å²) < 4.78 is 22.5. The number of fused-ring (bicyclic) bond motifs is 1. The number of nitrogens with two attached hydrogens (primary N) is 1. The van der Waals surface area contributed by atoms with Crippen LogP contribution in [0.4, 0.5) is 10.1 Å². The highest BCUT2D eigenvalue weighted by atomic mass is 32.2. The number of nitrogens with one attached hydrogen (secondary N) is 3. The van der Waals surface area contributed by atoms with Crippen LogP contribution in [-0.2, 0) is 13.0 Å². The SMILES string of the molecule is CCc1ccc2c(c1)c(-c1ccc[nH]c1=O)c(C(=O)NSc1cccc(NSN)c1)n2Cc1ccccc1F. The molecule has 0 spiro atoms. The molecular formula is C29H26FN5O2S2. The number of H-pyrrole nitrogens is 1. The number of hydrogen-bond donors (Lipinski definition) is 4. The summed E-state index contributed by atoms with van der Waals surface area (Å²) in [6.07, 6.45) is 2.33. The number of aromatic nitrogens is 2. The van der Waals surface area contributed by atoms with Crippen LogP contribution in [-0.4, -0.2) is 15.5 Å². The zero-order chi connectivity index (χ0) is 27.4. The molecule has 0 radical (unpaired) electrons. The molecule has 0 saturated heterocycles. The van der Waals surface area contributed by atoms with Crippen molar-refractivity contribution in [2.75, 3.05) is 4.72 Å². The van der Waals surface area contributed by atoms with Crippen LogP contribution in [0.1, 0.15) is 28.5 Å². The number of aryl methyl sites for hydroxylation is 1. The molecular weight excluding hydrogens is 533 g/mol. The second kappa shape index (κ2) is 11.8. The van der Waals surface area contributed by atoms with Gasteiger partial charge in [0.1, 0.15) is 11.5 Å². The maximum Gasteiger partial charge on any atom is 0.278 e. The standard InChI is InChI=1S/C29H26FN5O2S2/c1-2-18-12-13-25-23(15-18)26(22-10-6-14-32-28(22)36)27(35(25)17-19-7-3-4-11-24(19)30)29(37)34-38-21-9-5-8-20(16-21)33-39-31/h3-16,33H,2,17,31H2,1H3,(H,32,36)(H,34,37). The van der Waals surface area contributed by atoms with Crippen LogP contribution in [0.15, 0.2) is 94.7 Å². The lowest BCUT2D eigenvalue weighted by atomic mass is 10.0. The molecule has 0 aliphatic carbocycles. The normalized spacial score (nSPS) is 11.1. The third-order valence-electron chi connectivity index (χ3n) is 6.40. The number of rotatable bonds is 9. The number of nitrogens with zero attached hydrogens (tertiary/aromatic N) is 1. The summed E-state index contributed by atoms with van der Waals surface area (Å²) in [7, 11) is 0. The van der Waals surface area contributed by atoms with E-state index in [1.54, 1.807) is 41.1 Å². The molecule has 7 nitrogen and oxygen atoms in total. The van der Waals surface area contributed by atoms with E-state index in [-0.39, 0.29) is 23.6 Å². The Bertz CT molecular complexity index is 1720. The molecule has 0 aliphatic heterocycles. The average molecular weight is 560 g/mol. The van der Waals surface area contributed by atoms with Crippen LogP contribution in [0.3, 0.4) is 0 Å². The van der Waals surface area contributed by atoms with Crippen molar-refractivity contribution in [3.63, 3.8) is 0 Å². The Labute approximate surface area is 233 Å². The second-order valence-electron chi connectivity index (χ2n) is 8.80. The van der Waals surface area contributed by atoms with Gasteiger partial charge in [-0.1, -0.05) is 37.3 Å². The first-order valence-corrected chi connectivity index (χ1v) is 13.9. The summed E-state index contributed by atoms with van der Waals surface area (Å²) in [6, 6.07) is 23.3. The summed E-state index contributed by atoms with van der Waals surface area (Å²) in [5.41, 5.74) is 3.84. The van der Waals surface area contributed by atoms with Crippen molar-refractivity contribution < 1.29 is 9.18 Å². The highest BCUT2D eigenvalue weighted by Crippen LogP contribution is 2.36. The molecule has 2 aromatic heterocycles. The molecule has 3 aromatic carbocycles. The van der Waals surface area contributed by atoms with Gasteiger partial charge in [-0.05, 0) is 72.5 Å². The number of aromatic amines is 1. The van der Waals surface area contributed by atoms with Crippen molar-refractivity contribution >= 4 is 46.6 Å². The molecule has 0 aliphatic rings. The van der Waals surface area contributed by atoms with Crippen molar-refractivity contribution in [1.29, 1.82) is 0 Å². The van der Waals surface area contributed by atoms with E-state index in [0.717, 1.165) is 57.6 Å². The van der Waals surface area contributed by atoms with E-state index >= 15 is 0 Å². The summed E-state index contributed by atoms with van der Waals surface area (Å²) in [5, 5.41) is 6.27. The maximum atomic E-state index is 14.8. The highest BCUT2D eigenvalue weighted by Gasteiger charge is 2.26. The van der Waals surface area contributed by atoms with Crippen LogP contribution in [0.2, 0.25) is 0 Å². The fourth-order valence-corrected chi connectivity index (χ4v) is 5.46. The molecule has 39 heavy (non-hydrogen) atoms. The lowest BCUT2D eigenvalue weighted by Gasteiger charge is -2.13. The van der Waals surface area contributed by atoms with Gasteiger partial charge >= 0.3 is 0 Å². The first-order valence-electron chi connectivity index (χ1n) is 12.3. The molecule has 10 heteroatoms. The lowest BCUT2D eigenvalue weighted by Crippen LogP contribution is -2.22. The van der Waals surface area contributed by atoms with E-state index < -0.39 is 5.91 Å². The lowest BCUT2D eigenvalue weighted by molar-refractivity contribution is 0.0977. The molecule has 0 unspecified atom stereocenters. The topological polar surface area (TPSA) is 105 Å². The number of carbonyl (C=O) groups excluding carboxylic acids is 1. The number of carbonyl (C=O) groups is 1. The van der Waals surface area contributed by atoms with Crippen LogP contribution in [0.25, 0.3) is 22.0 Å². The maximum absolute atomic E-state index is 14.8. The van der Waals surface area contributed by atoms with E-state index in [0.29, 0.717) is 16.7 Å². The third-order valence-corrected chi connectivity index (χ3v) is 7.53. The van der Waals surface area contributed by atoms with Crippen molar-refractivity contribution in [3.8, 4) is 11.1 Å². The Kier molecular flexibility index (Phi) is 8.06. The van der Waals surface area contributed by atoms with Crippen LogP contribution >= 0.6 is 24.1 Å². The largest absolute Gasteiger partial charge is 0.331 e. The zero-order valence-corrected chi connectivity index (χ0v) is 22.7. The number of amides is 1. The van der Waals surface area contributed by atoms with Gasteiger partial charge < -0.3 is 14.3 Å². The number of anilines is 1. The predicted octanol–water partition coefficient (Wildman–Crippen LogP) is 6.12. The Morgan fingerprint density at radius 2 is 1.90 bits per heavy atom. The third kappa shape index (κ3) is 5.58. The Morgan fingerprint density at radius 3 is 2.67 bits per heavy atom. The van der Waals surface area contributed by atoms with Crippen LogP contribution < -0.4 is 20.1 Å². The molecule has 1 amide bonds. The van der Waals surface area contributed by atoms with Gasteiger partial charge in [0.2, 0.25) is 0 Å². The van der Waals surface area contributed by atoms with E-state index in [9.17, 15) is 14.0 Å². The van der Waals surface area contributed by atoms with E-state index in [1.807, 2.05) is 49.4 Å². The number of hydrogen-bond acceptors (Lipinski definition) is 6. The van der Waals surface area contributed by atoms with Crippen LogP contribution in [0.5, 0.6) is 0 Å². The second-order valence-corrected chi connectivity index (χ2v) is 10.1. The summed E-state index contributed by atoms with van der Waals surface area (Å²) in [6.45, 7) is 2.16. The van der Waals surface area contributed by atoms with Gasteiger partial charge in [-0.2, -0.15) is 0 Å². The van der Waals surface area contributed by atoms with Gasteiger partial charge in [0.05, 0.1) is 6.54 Å². The Balaban J connectivity index is 1.68. The van der Waals surface area contributed by atoms with Crippen LogP contribution in [0, 0.1) is 5.82 Å². The fraction of sp³-hybridized carbons (Fsp3) is 0.103. The van der Waals surface area contributed by atoms with Gasteiger partial charge in [0, 0.05) is 56.5 Å². The van der Waals surface area contributed by atoms with Gasteiger partial charge in [-0.25, -0.2) is 4.39 Å². The monoisotopic (exact) mass is 559 g/mol. The van der Waals surface area contributed by atoms with E-state index in [4.69, 9.17) is 5.14 Å². The van der Waals surface area contributed by atoms with Gasteiger partial charge in [-0.15, -0.1) is 0 Å². The Morgan fingerprint density at radius 1 is 1.05 bits per heavy atom. The van der Waals surface area contributed by atoms with Crippen molar-refractivity contribution in [2.24, 2.45) is 5.14 Å². The van der Waals surface area contributed by atoms with Gasteiger partial charge in [-0.3, -0.25) is 19.5 Å². The summed E-state index contributed by atoms with van der Waals surface area (Å²) >= 11 is 2.13. The minimum absolute atomic E-state index is 0.111. The smallest absolute Gasteiger partial charge is 0.278 e. The molecule has 5 rings (SSSR count). The predicted molar refractivity (Wildman–Crippen MR) is 158 cm³/mol. The molecule has 0 atom stereocenters. The van der Waals surface area contributed by atoms with Gasteiger partial charge in [0.15, 0.2) is 0 Å². The van der Waals surface area contributed by atoms with E-state index in [1.165, 1.54) is 6.07 Å². The molecule has 0 saturated carbocycles.